The first-order valence-electron chi connectivity index (χ1n) is 5.51. The second kappa shape index (κ2) is 5.36. The van der Waals surface area contributed by atoms with Crippen molar-refractivity contribution in [1.29, 1.82) is 0 Å². The zero-order valence-electron chi connectivity index (χ0n) is 9.81. The monoisotopic (exact) mass is 267 g/mol. The highest BCUT2D eigenvalue weighted by Crippen LogP contribution is 2.25. The van der Waals surface area contributed by atoms with Crippen LogP contribution in [0.1, 0.15) is 11.1 Å². The van der Waals surface area contributed by atoms with Gasteiger partial charge in [0.2, 0.25) is 0 Å². The van der Waals surface area contributed by atoms with Crippen molar-refractivity contribution in [1.82, 2.24) is 0 Å². The van der Waals surface area contributed by atoms with Crippen molar-refractivity contribution in [2.24, 2.45) is 0 Å². The summed E-state index contributed by atoms with van der Waals surface area (Å²) in [5.41, 5.74) is 2.47. The molecule has 2 aromatic rings. The highest BCUT2D eigenvalue weighted by Gasteiger charge is 2.05. The molecule has 0 unspecified atom stereocenters. The van der Waals surface area contributed by atoms with Gasteiger partial charge in [-0.1, -0.05) is 29.8 Å². The lowest BCUT2D eigenvalue weighted by atomic mass is 10.1. The molecular weight excluding hydrogens is 256 g/mol. The lowest BCUT2D eigenvalue weighted by molar-refractivity contribution is 0.507. The Balaban J connectivity index is 2.14. The van der Waals surface area contributed by atoms with Crippen molar-refractivity contribution in [2.75, 3.05) is 5.32 Å². The van der Waals surface area contributed by atoms with Crippen LogP contribution in [0.4, 0.5) is 14.5 Å². The summed E-state index contributed by atoms with van der Waals surface area (Å²) in [6.45, 7) is 2.32. The predicted molar refractivity (Wildman–Crippen MR) is 69.9 cm³/mol. The summed E-state index contributed by atoms with van der Waals surface area (Å²) in [5, 5.41) is 3.73. The van der Waals surface area contributed by atoms with E-state index < -0.39 is 11.6 Å². The first-order valence-corrected chi connectivity index (χ1v) is 5.88. The van der Waals surface area contributed by atoms with Crippen LogP contribution in [-0.4, -0.2) is 0 Å². The van der Waals surface area contributed by atoms with Crippen molar-refractivity contribution in [3.63, 3.8) is 0 Å². The van der Waals surface area contributed by atoms with Gasteiger partial charge < -0.3 is 5.32 Å². The van der Waals surface area contributed by atoms with Gasteiger partial charge in [-0.15, -0.1) is 0 Å². The van der Waals surface area contributed by atoms with Crippen LogP contribution < -0.4 is 5.32 Å². The average Bonchev–Trinajstić information content (AvgIpc) is 2.33. The summed E-state index contributed by atoms with van der Waals surface area (Å²) in [6.07, 6.45) is 0. The Morgan fingerprint density at radius 3 is 2.56 bits per heavy atom. The van der Waals surface area contributed by atoms with E-state index in [0.29, 0.717) is 17.1 Å². The molecule has 0 aliphatic heterocycles. The van der Waals surface area contributed by atoms with E-state index in [9.17, 15) is 8.78 Å². The standard InChI is InChI=1S/C14H12ClF2N/c1-9-3-2-4-11(15)14(9)18-8-10-5-6-12(16)13(17)7-10/h2-7,18H,8H2,1H3. The van der Waals surface area contributed by atoms with E-state index in [2.05, 4.69) is 5.32 Å². The summed E-state index contributed by atoms with van der Waals surface area (Å²) in [4.78, 5) is 0. The molecule has 0 atom stereocenters. The lowest BCUT2D eigenvalue weighted by Gasteiger charge is -2.11. The summed E-state index contributed by atoms with van der Waals surface area (Å²) >= 11 is 6.06. The van der Waals surface area contributed by atoms with Crippen LogP contribution in [0.2, 0.25) is 5.02 Å². The molecule has 94 valence electrons. The van der Waals surface area contributed by atoms with Gasteiger partial charge in [-0.2, -0.15) is 0 Å². The van der Waals surface area contributed by atoms with Crippen LogP contribution >= 0.6 is 11.6 Å². The van der Waals surface area contributed by atoms with Crippen LogP contribution in [0.25, 0.3) is 0 Å². The third-order valence-electron chi connectivity index (χ3n) is 2.68. The Kier molecular flexibility index (Phi) is 3.82. The zero-order chi connectivity index (χ0) is 13.1. The molecule has 0 heterocycles. The van der Waals surface area contributed by atoms with Crippen molar-refractivity contribution in [3.8, 4) is 0 Å². The number of halogens is 3. The molecule has 0 aliphatic carbocycles. The minimum absolute atomic E-state index is 0.391. The predicted octanol–water partition coefficient (Wildman–Crippen LogP) is 4.54. The SMILES string of the molecule is Cc1cccc(Cl)c1NCc1ccc(F)c(F)c1. The van der Waals surface area contributed by atoms with Crippen molar-refractivity contribution in [2.45, 2.75) is 13.5 Å². The van der Waals surface area contributed by atoms with E-state index in [4.69, 9.17) is 11.6 Å². The van der Waals surface area contributed by atoms with Crippen molar-refractivity contribution < 1.29 is 8.78 Å². The minimum atomic E-state index is -0.842. The van der Waals surface area contributed by atoms with Crippen molar-refractivity contribution >= 4 is 17.3 Å². The second-order valence-corrected chi connectivity index (χ2v) is 4.44. The molecule has 2 rings (SSSR count). The van der Waals surface area contributed by atoms with Gasteiger partial charge in [0.25, 0.3) is 0 Å². The molecule has 1 nitrogen and oxygen atoms in total. The van der Waals surface area contributed by atoms with Gasteiger partial charge in [-0.3, -0.25) is 0 Å². The molecule has 4 heteroatoms. The van der Waals surface area contributed by atoms with Crippen LogP contribution in [0.3, 0.4) is 0 Å². The first-order chi connectivity index (χ1) is 8.58. The fourth-order valence-corrected chi connectivity index (χ4v) is 1.98. The third-order valence-corrected chi connectivity index (χ3v) is 2.99. The lowest BCUT2D eigenvalue weighted by Crippen LogP contribution is -2.02. The number of para-hydroxylation sites is 1. The summed E-state index contributed by atoms with van der Waals surface area (Å²) in [5.74, 6) is -1.68. The van der Waals surface area contributed by atoms with Gasteiger partial charge in [-0.05, 0) is 36.2 Å². The minimum Gasteiger partial charge on any atom is -0.380 e. The molecule has 0 saturated heterocycles. The van der Waals surface area contributed by atoms with E-state index in [1.54, 1.807) is 6.07 Å². The zero-order valence-corrected chi connectivity index (χ0v) is 10.6. The van der Waals surface area contributed by atoms with E-state index in [1.807, 2.05) is 19.1 Å². The number of hydrogen-bond acceptors (Lipinski definition) is 1. The topological polar surface area (TPSA) is 12.0 Å². The average molecular weight is 268 g/mol. The van der Waals surface area contributed by atoms with Gasteiger partial charge in [0.05, 0.1) is 10.7 Å². The largest absolute Gasteiger partial charge is 0.380 e. The van der Waals surface area contributed by atoms with Crippen LogP contribution in [-0.2, 0) is 6.54 Å². The van der Waals surface area contributed by atoms with Gasteiger partial charge >= 0.3 is 0 Å². The third kappa shape index (κ3) is 2.79. The fraction of sp³-hybridized carbons (Fsp3) is 0.143. The summed E-state index contributed by atoms with van der Waals surface area (Å²) < 4.78 is 25.8. The van der Waals surface area contributed by atoms with Crippen molar-refractivity contribution in [3.05, 3.63) is 64.2 Å². The van der Waals surface area contributed by atoms with Crippen LogP contribution in [0.5, 0.6) is 0 Å². The first kappa shape index (κ1) is 12.8. The molecule has 0 fully saturated rings. The number of nitrogens with one attached hydrogen (secondary N) is 1. The molecular formula is C14H12ClF2N. The molecule has 0 spiro atoms. The Bertz CT molecular complexity index is 549. The maximum atomic E-state index is 13.0. The molecule has 0 aliphatic rings. The molecule has 0 aromatic heterocycles. The molecule has 0 bridgehead atoms. The van der Waals surface area contributed by atoms with E-state index >= 15 is 0 Å². The van der Waals surface area contributed by atoms with E-state index in [-0.39, 0.29) is 0 Å². The van der Waals surface area contributed by atoms with Crippen LogP contribution in [0.15, 0.2) is 36.4 Å². The molecule has 0 radical (unpaired) electrons. The van der Waals surface area contributed by atoms with Gasteiger partial charge in [0, 0.05) is 6.54 Å². The molecule has 18 heavy (non-hydrogen) atoms. The molecule has 0 saturated carbocycles. The Morgan fingerprint density at radius 1 is 1.11 bits per heavy atom. The number of hydrogen-bond donors (Lipinski definition) is 1. The fourth-order valence-electron chi connectivity index (χ4n) is 1.70. The number of rotatable bonds is 3. The maximum absolute atomic E-state index is 13.0. The Morgan fingerprint density at radius 2 is 1.89 bits per heavy atom. The highest BCUT2D eigenvalue weighted by atomic mass is 35.5. The van der Waals surface area contributed by atoms with Gasteiger partial charge in [-0.25, -0.2) is 8.78 Å². The quantitative estimate of drug-likeness (QED) is 0.861. The second-order valence-electron chi connectivity index (χ2n) is 4.03. The summed E-state index contributed by atoms with van der Waals surface area (Å²) in [6, 6.07) is 9.40. The highest BCUT2D eigenvalue weighted by molar-refractivity contribution is 6.33. The smallest absolute Gasteiger partial charge is 0.159 e. The van der Waals surface area contributed by atoms with E-state index in [0.717, 1.165) is 17.3 Å². The van der Waals surface area contributed by atoms with E-state index in [1.165, 1.54) is 12.1 Å². The molecule has 0 amide bonds. The normalized spacial score (nSPS) is 10.4. The molecule has 2 aromatic carbocycles. The van der Waals surface area contributed by atoms with Gasteiger partial charge in [0.1, 0.15) is 0 Å². The maximum Gasteiger partial charge on any atom is 0.159 e. The molecule has 1 N–H and O–H groups in total. The van der Waals surface area contributed by atoms with Crippen LogP contribution in [0, 0.1) is 18.6 Å². The number of anilines is 1. The Hall–Kier alpha value is -1.61. The Labute approximate surface area is 109 Å². The number of benzene rings is 2. The number of aryl methyl sites for hydroxylation is 1. The summed E-state index contributed by atoms with van der Waals surface area (Å²) in [7, 11) is 0. The van der Waals surface area contributed by atoms with Gasteiger partial charge in [0.15, 0.2) is 11.6 Å².